The predicted molar refractivity (Wildman–Crippen MR) is 141 cm³/mol. The number of aromatic nitrogens is 2. The van der Waals surface area contributed by atoms with Crippen molar-refractivity contribution in [3.63, 3.8) is 0 Å². The number of aliphatic hydroxyl groups excluding tert-OH is 1. The Bertz CT molecular complexity index is 1160. The SMILES string of the molecule is COc1cc(OC)c(F)c(COc2cnc(Nc3ccc(N4CCC(N(C)CCO)CC4)cc3)nc2)c1F. The first-order valence-corrected chi connectivity index (χ1v) is 12.4. The fraction of sp³-hybridized carbons (Fsp3) is 0.407. The Morgan fingerprint density at radius 1 is 1.03 bits per heavy atom. The van der Waals surface area contributed by atoms with Crippen LogP contribution in [0.25, 0.3) is 0 Å². The molecule has 4 rings (SSSR count). The summed E-state index contributed by atoms with van der Waals surface area (Å²) in [5.41, 5.74) is 1.66. The zero-order valence-electron chi connectivity index (χ0n) is 21.8. The van der Waals surface area contributed by atoms with Gasteiger partial charge in [0, 0.05) is 43.1 Å². The normalized spacial score (nSPS) is 14.0. The average molecular weight is 530 g/mol. The minimum Gasteiger partial charge on any atom is -0.494 e. The number of anilines is 3. The van der Waals surface area contributed by atoms with Gasteiger partial charge >= 0.3 is 0 Å². The molecule has 3 aromatic rings. The van der Waals surface area contributed by atoms with Crippen LogP contribution in [0.1, 0.15) is 18.4 Å². The molecule has 1 aliphatic rings. The number of methoxy groups -OCH3 is 2. The number of nitrogens with zero attached hydrogens (tertiary/aromatic N) is 4. The molecule has 2 heterocycles. The van der Waals surface area contributed by atoms with E-state index in [4.69, 9.17) is 19.3 Å². The van der Waals surface area contributed by atoms with E-state index in [0.29, 0.717) is 18.5 Å². The second-order valence-electron chi connectivity index (χ2n) is 9.01. The number of benzene rings is 2. The molecule has 38 heavy (non-hydrogen) atoms. The van der Waals surface area contributed by atoms with Crippen LogP contribution in [0.15, 0.2) is 42.7 Å². The molecule has 0 radical (unpaired) electrons. The summed E-state index contributed by atoms with van der Waals surface area (Å²) >= 11 is 0. The van der Waals surface area contributed by atoms with E-state index in [1.807, 2.05) is 12.1 Å². The number of hydrogen-bond acceptors (Lipinski definition) is 9. The summed E-state index contributed by atoms with van der Waals surface area (Å²) < 4.78 is 44.5. The quantitative estimate of drug-likeness (QED) is 0.383. The first kappa shape index (κ1) is 27.3. The zero-order chi connectivity index (χ0) is 27.1. The summed E-state index contributed by atoms with van der Waals surface area (Å²) in [6, 6.07) is 9.70. The van der Waals surface area contributed by atoms with Crippen molar-refractivity contribution in [2.45, 2.75) is 25.5 Å². The third kappa shape index (κ3) is 6.40. The lowest BCUT2D eigenvalue weighted by atomic mass is 10.0. The molecule has 204 valence electrons. The summed E-state index contributed by atoms with van der Waals surface area (Å²) in [5, 5.41) is 12.3. The molecule has 0 aliphatic carbocycles. The van der Waals surface area contributed by atoms with E-state index in [0.717, 1.165) is 43.4 Å². The van der Waals surface area contributed by atoms with Crippen molar-refractivity contribution in [3.05, 3.63) is 59.9 Å². The van der Waals surface area contributed by atoms with Gasteiger partial charge in [0.25, 0.3) is 0 Å². The third-order valence-electron chi connectivity index (χ3n) is 6.71. The Labute approximate surface area is 221 Å². The highest BCUT2D eigenvalue weighted by Gasteiger charge is 2.23. The largest absolute Gasteiger partial charge is 0.494 e. The maximum Gasteiger partial charge on any atom is 0.227 e. The number of nitrogens with one attached hydrogen (secondary N) is 1. The molecule has 1 aliphatic heterocycles. The molecule has 1 saturated heterocycles. The molecule has 0 spiro atoms. The van der Waals surface area contributed by atoms with E-state index in [1.54, 1.807) is 0 Å². The number of likely N-dealkylation sites (N-methyl/N-ethyl adjacent to an activating group) is 1. The molecule has 0 bridgehead atoms. The molecule has 1 fully saturated rings. The van der Waals surface area contributed by atoms with Crippen molar-refractivity contribution in [1.82, 2.24) is 14.9 Å². The molecule has 2 aromatic carbocycles. The highest BCUT2D eigenvalue weighted by molar-refractivity contribution is 5.59. The van der Waals surface area contributed by atoms with Crippen LogP contribution >= 0.6 is 0 Å². The summed E-state index contributed by atoms with van der Waals surface area (Å²) in [7, 11) is 4.64. The van der Waals surface area contributed by atoms with E-state index in [9.17, 15) is 8.78 Å². The van der Waals surface area contributed by atoms with Crippen molar-refractivity contribution in [2.75, 3.05) is 57.7 Å². The number of hydrogen-bond donors (Lipinski definition) is 2. The lowest BCUT2D eigenvalue weighted by Gasteiger charge is -2.37. The number of aliphatic hydroxyl groups is 1. The maximum atomic E-state index is 14.5. The highest BCUT2D eigenvalue weighted by atomic mass is 19.1. The van der Waals surface area contributed by atoms with Gasteiger partial charge in [0.15, 0.2) is 28.9 Å². The van der Waals surface area contributed by atoms with Gasteiger partial charge in [0.1, 0.15) is 6.61 Å². The van der Waals surface area contributed by atoms with Gasteiger partial charge in [0.05, 0.1) is 38.8 Å². The number of halogens is 2. The van der Waals surface area contributed by atoms with Gasteiger partial charge in [-0.05, 0) is 44.2 Å². The van der Waals surface area contributed by atoms with Gasteiger partial charge < -0.3 is 34.4 Å². The average Bonchev–Trinajstić information content (AvgIpc) is 2.95. The van der Waals surface area contributed by atoms with Crippen molar-refractivity contribution in [3.8, 4) is 17.2 Å². The van der Waals surface area contributed by atoms with Crippen molar-refractivity contribution in [2.24, 2.45) is 0 Å². The van der Waals surface area contributed by atoms with Gasteiger partial charge in [-0.1, -0.05) is 0 Å². The Balaban J connectivity index is 1.32. The molecule has 9 nitrogen and oxygen atoms in total. The predicted octanol–water partition coefficient (Wildman–Crippen LogP) is 3.99. The zero-order valence-corrected chi connectivity index (χ0v) is 21.8. The molecular weight excluding hydrogens is 496 g/mol. The molecule has 11 heteroatoms. The van der Waals surface area contributed by atoms with Crippen LogP contribution < -0.4 is 24.4 Å². The molecular formula is C27H33F2N5O4. The summed E-state index contributed by atoms with van der Waals surface area (Å²) in [6.45, 7) is 2.43. The number of piperidine rings is 1. The third-order valence-corrected chi connectivity index (χ3v) is 6.71. The van der Waals surface area contributed by atoms with Gasteiger partial charge in [-0.3, -0.25) is 0 Å². The van der Waals surface area contributed by atoms with E-state index in [2.05, 4.69) is 44.3 Å². The summed E-state index contributed by atoms with van der Waals surface area (Å²) in [4.78, 5) is 13.1. The minimum atomic E-state index is -0.855. The standard InChI is InChI=1S/C27H33F2N5O4/c1-33(12-13-35)19-8-10-34(11-9-19)20-6-4-18(5-7-20)32-27-30-15-21(16-31-27)38-17-22-25(28)23(36-2)14-24(37-3)26(22)29/h4-7,14-16,19,35H,8-13,17H2,1-3H3,(H,30,31,32). The highest BCUT2D eigenvalue weighted by Crippen LogP contribution is 2.32. The van der Waals surface area contributed by atoms with Gasteiger partial charge in [-0.15, -0.1) is 0 Å². The maximum absolute atomic E-state index is 14.5. The van der Waals surface area contributed by atoms with Crippen LogP contribution in [0.2, 0.25) is 0 Å². The van der Waals surface area contributed by atoms with Crippen LogP contribution in [0, 0.1) is 11.6 Å². The molecule has 1 aromatic heterocycles. The monoisotopic (exact) mass is 529 g/mol. The van der Waals surface area contributed by atoms with Crippen molar-refractivity contribution >= 4 is 17.3 Å². The molecule has 2 N–H and O–H groups in total. The first-order valence-electron chi connectivity index (χ1n) is 12.4. The lowest BCUT2D eigenvalue weighted by molar-refractivity contribution is 0.162. The molecule has 0 saturated carbocycles. The molecule has 0 unspecified atom stereocenters. The van der Waals surface area contributed by atoms with Gasteiger partial charge in [0.2, 0.25) is 5.95 Å². The number of rotatable bonds is 11. The van der Waals surface area contributed by atoms with Crippen LogP contribution in [0.5, 0.6) is 17.2 Å². The van der Waals surface area contributed by atoms with E-state index < -0.39 is 18.2 Å². The topological polar surface area (TPSA) is 92.2 Å². The van der Waals surface area contributed by atoms with Crippen LogP contribution in [-0.4, -0.2) is 73.5 Å². The molecule has 0 amide bonds. The Kier molecular flexibility index (Phi) is 9.14. The Morgan fingerprint density at radius 3 is 2.18 bits per heavy atom. The Morgan fingerprint density at radius 2 is 1.63 bits per heavy atom. The number of ether oxygens (including phenoxy) is 3. The van der Waals surface area contributed by atoms with Gasteiger partial charge in [-0.2, -0.15) is 0 Å². The molecule has 0 atom stereocenters. The summed E-state index contributed by atoms with van der Waals surface area (Å²) in [5.74, 6) is -1.38. The first-order chi connectivity index (χ1) is 18.4. The fourth-order valence-corrected chi connectivity index (χ4v) is 4.46. The van der Waals surface area contributed by atoms with Crippen molar-refractivity contribution in [1.29, 1.82) is 0 Å². The Hall–Kier alpha value is -3.70. The van der Waals surface area contributed by atoms with Gasteiger partial charge in [-0.25, -0.2) is 18.7 Å². The van der Waals surface area contributed by atoms with E-state index in [-0.39, 0.29) is 29.4 Å². The summed E-state index contributed by atoms with van der Waals surface area (Å²) in [6.07, 6.45) is 4.97. The smallest absolute Gasteiger partial charge is 0.227 e. The van der Waals surface area contributed by atoms with Crippen molar-refractivity contribution < 1.29 is 28.1 Å². The van der Waals surface area contributed by atoms with E-state index in [1.165, 1.54) is 26.6 Å². The lowest BCUT2D eigenvalue weighted by Crippen LogP contribution is -2.44. The van der Waals surface area contributed by atoms with Crippen LogP contribution in [0.3, 0.4) is 0 Å². The minimum absolute atomic E-state index is 0.140. The van der Waals surface area contributed by atoms with Crippen LogP contribution in [0.4, 0.5) is 26.1 Å². The second kappa shape index (κ2) is 12.7. The van der Waals surface area contributed by atoms with Crippen LogP contribution in [-0.2, 0) is 6.61 Å². The van der Waals surface area contributed by atoms with E-state index >= 15 is 0 Å². The second-order valence-corrected chi connectivity index (χ2v) is 9.01. The fourth-order valence-electron chi connectivity index (χ4n) is 4.46.